The van der Waals surface area contributed by atoms with E-state index >= 15 is 0 Å². The third-order valence-corrected chi connectivity index (χ3v) is 2.47. The van der Waals surface area contributed by atoms with Gasteiger partial charge in [-0.1, -0.05) is 0 Å². The van der Waals surface area contributed by atoms with E-state index in [2.05, 4.69) is 0 Å². The lowest BCUT2D eigenvalue weighted by molar-refractivity contribution is 0.627. The Morgan fingerprint density at radius 2 is 1.94 bits per heavy atom. The highest BCUT2D eigenvalue weighted by Crippen LogP contribution is 2.11. The van der Waals surface area contributed by atoms with Crippen LogP contribution >= 0.6 is 0 Å². The maximum Gasteiger partial charge on any atom is 0.199 e. The molecular weight excluding hydrogens is 219 g/mol. The van der Waals surface area contributed by atoms with Gasteiger partial charge in [0, 0.05) is 23.6 Å². The van der Waals surface area contributed by atoms with Gasteiger partial charge in [0.1, 0.15) is 17.4 Å². The number of aryl methyl sites for hydroxylation is 1. The lowest BCUT2D eigenvalue weighted by Crippen LogP contribution is -2.11. The number of pyridine rings is 1. The standard InChI is InChI=1S/C13H9FN2O/c1-9-6-13(17)10(7-15)8-16(9)12-4-2-11(14)3-5-12/h2-6,8H,1H3. The predicted octanol–water partition coefficient (Wildman–Crippen LogP) is 2.16. The normalized spacial score (nSPS) is 9.94. The third-order valence-electron chi connectivity index (χ3n) is 2.47. The minimum atomic E-state index is -0.326. The van der Waals surface area contributed by atoms with Crippen molar-refractivity contribution in [2.45, 2.75) is 6.92 Å². The molecular formula is C13H9FN2O. The first kappa shape index (κ1) is 11.1. The number of rotatable bonds is 1. The molecule has 3 nitrogen and oxygen atoms in total. The molecule has 0 aliphatic heterocycles. The van der Waals surface area contributed by atoms with Crippen molar-refractivity contribution in [3.8, 4) is 11.8 Å². The number of hydrogen-bond acceptors (Lipinski definition) is 2. The van der Waals surface area contributed by atoms with Gasteiger partial charge in [0.2, 0.25) is 0 Å². The number of nitrogens with zero attached hydrogens (tertiary/aromatic N) is 2. The minimum Gasteiger partial charge on any atom is -0.320 e. The Labute approximate surface area is 97.4 Å². The SMILES string of the molecule is Cc1cc(=O)c(C#N)cn1-c1ccc(F)cc1. The second-order valence-electron chi connectivity index (χ2n) is 3.65. The van der Waals surface area contributed by atoms with Crippen LogP contribution in [-0.4, -0.2) is 4.57 Å². The van der Waals surface area contributed by atoms with Gasteiger partial charge in [-0.05, 0) is 31.2 Å². The molecule has 0 N–H and O–H groups in total. The van der Waals surface area contributed by atoms with Crippen LogP contribution < -0.4 is 5.43 Å². The summed E-state index contributed by atoms with van der Waals surface area (Å²) < 4.78 is 14.5. The Bertz CT molecular complexity index is 651. The molecule has 1 aromatic heterocycles. The van der Waals surface area contributed by atoms with Crippen LogP contribution in [0.5, 0.6) is 0 Å². The third kappa shape index (κ3) is 2.08. The molecule has 0 saturated carbocycles. The van der Waals surface area contributed by atoms with Crippen LogP contribution in [0.2, 0.25) is 0 Å². The Hall–Kier alpha value is -2.41. The van der Waals surface area contributed by atoms with E-state index in [0.29, 0.717) is 11.4 Å². The van der Waals surface area contributed by atoms with Crippen molar-refractivity contribution in [1.82, 2.24) is 4.57 Å². The van der Waals surface area contributed by atoms with Crippen LogP contribution in [0.15, 0.2) is 41.3 Å². The summed E-state index contributed by atoms with van der Waals surface area (Å²) in [4.78, 5) is 11.4. The highest BCUT2D eigenvalue weighted by atomic mass is 19.1. The molecule has 1 aromatic carbocycles. The van der Waals surface area contributed by atoms with Crippen LogP contribution in [-0.2, 0) is 0 Å². The van der Waals surface area contributed by atoms with E-state index in [4.69, 9.17) is 5.26 Å². The molecule has 0 unspecified atom stereocenters. The molecule has 0 radical (unpaired) electrons. The first-order valence-electron chi connectivity index (χ1n) is 5.01. The molecule has 84 valence electrons. The molecule has 2 aromatic rings. The van der Waals surface area contributed by atoms with Crippen LogP contribution in [0.25, 0.3) is 5.69 Å². The number of aromatic nitrogens is 1. The van der Waals surface area contributed by atoms with Crippen molar-refractivity contribution in [2.24, 2.45) is 0 Å². The van der Waals surface area contributed by atoms with Crippen molar-refractivity contribution in [1.29, 1.82) is 5.26 Å². The topological polar surface area (TPSA) is 45.8 Å². The molecule has 1 heterocycles. The zero-order valence-electron chi connectivity index (χ0n) is 9.14. The average molecular weight is 228 g/mol. The van der Waals surface area contributed by atoms with Gasteiger partial charge in [-0.2, -0.15) is 5.26 Å². The Balaban J connectivity index is 2.64. The van der Waals surface area contributed by atoms with Crippen molar-refractivity contribution in [2.75, 3.05) is 0 Å². The predicted molar refractivity (Wildman–Crippen MR) is 61.4 cm³/mol. The molecule has 0 atom stereocenters. The van der Waals surface area contributed by atoms with Crippen molar-refractivity contribution in [3.63, 3.8) is 0 Å². The van der Waals surface area contributed by atoms with Gasteiger partial charge in [-0.15, -0.1) is 0 Å². The quantitative estimate of drug-likeness (QED) is 0.750. The van der Waals surface area contributed by atoms with Crippen LogP contribution in [0.4, 0.5) is 4.39 Å². The molecule has 0 fully saturated rings. The van der Waals surface area contributed by atoms with Gasteiger partial charge in [-0.25, -0.2) is 4.39 Å². The zero-order chi connectivity index (χ0) is 12.4. The summed E-state index contributed by atoms with van der Waals surface area (Å²) in [6.45, 7) is 1.76. The molecule has 2 rings (SSSR count). The van der Waals surface area contributed by atoms with E-state index in [1.54, 1.807) is 23.6 Å². The fourth-order valence-electron chi connectivity index (χ4n) is 1.60. The number of halogens is 1. The van der Waals surface area contributed by atoms with Crippen LogP contribution in [0.3, 0.4) is 0 Å². The van der Waals surface area contributed by atoms with E-state index in [9.17, 15) is 9.18 Å². The summed E-state index contributed by atoms with van der Waals surface area (Å²) in [7, 11) is 0. The Morgan fingerprint density at radius 1 is 1.29 bits per heavy atom. The number of nitriles is 1. The lowest BCUT2D eigenvalue weighted by Gasteiger charge is -2.10. The highest BCUT2D eigenvalue weighted by molar-refractivity contribution is 5.38. The van der Waals surface area contributed by atoms with E-state index in [0.717, 1.165) is 0 Å². The average Bonchev–Trinajstić information content (AvgIpc) is 2.31. The largest absolute Gasteiger partial charge is 0.320 e. The molecule has 0 bridgehead atoms. The van der Waals surface area contributed by atoms with E-state index in [1.807, 2.05) is 6.07 Å². The molecule has 0 spiro atoms. The summed E-state index contributed by atoms with van der Waals surface area (Å²) in [5.74, 6) is -0.326. The van der Waals surface area contributed by atoms with E-state index in [1.165, 1.54) is 24.4 Å². The molecule has 0 aliphatic rings. The smallest absolute Gasteiger partial charge is 0.199 e. The van der Waals surface area contributed by atoms with Gasteiger partial charge >= 0.3 is 0 Å². The van der Waals surface area contributed by atoms with Crippen molar-refractivity contribution < 1.29 is 4.39 Å². The van der Waals surface area contributed by atoms with Gasteiger partial charge in [0.05, 0.1) is 0 Å². The molecule has 4 heteroatoms. The fraction of sp³-hybridized carbons (Fsp3) is 0.0769. The Kier molecular flexibility index (Phi) is 2.75. The summed E-state index contributed by atoms with van der Waals surface area (Å²) in [6, 6.07) is 9.07. The molecule has 17 heavy (non-hydrogen) atoms. The Morgan fingerprint density at radius 3 is 2.53 bits per heavy atom. The fourth-order valence-corrected chi connectivity index (χ4v) is 1.60. The molecule has 0 amide bonds. The zero-order valence-corrected chi connectivity index (χ0v) is 9.14. The second-order valence-corrected chi connectivity index (χ2v) is 3.65. The van der Waals surface area contributed by atoms with Gasteiger partial charge in [0.25, 0.3) is 0 Å². The molecule has 0 saturated heterocycles. The number of benzene rings is 1. The van der Waals surface area contributed by atoms with Crippen LogP contribution in [0.1, 0.15) is 11.3 Å². The maximum atomic E-state index is 12.8. The van der Waals surface area contributed by atoms with Gasteiger partial charge < -0.3 is 4.57 Å². The van der Waals surface area contributed by atoms with Crippen molar-refractivity contribution in [3.05, 3.63) is 63.8 Å². The summed E-state index contributed by atoms with van der Waals surface area (Å²) in [5.41, 5.74) is 1.17. The first-order chi connectivity index (χ1) is 8.11. The highest BCUT2D eigenvalue weighted by Gasteiger charge is 2.04. The maximum absolute atomic E-state index is 12.8. The molecule has 0 aliphatic carbocycles. The van der Waals surface area contributed by atoms with E-state index < -0.39 is 0 Å². The lowest BCUT2D eigenvalue weighted by atomic mass is 10.2. The van der Waals surface area contributed by atoms with Gasteiger partial charge in [0.15, 0.2) is 5.43 Å². The number of hydrogen-bond donors (Lipinski definition) is 0. The summed E-state index contributed by atoms with van der Waals surface area (Å²) in [6.07, 6.45) is 1.46. The monoisotopic (exact) mass is 228 g/mol. The van der Waals surface area contributed by atoms with Crippen LogP contribution in [0, 0.1) is 24.1 Å². The van der Waals surface area contributed by atoms with Crippen molar-refractivity contribution >= 4 is 0 Å². The first-order valence-corrected chi connectivity index (χ1v) is 5.01. The summed E-state index contributed by atoms with van der Waals surface area (Å²) >= 11 is 0. The summed E-state index contributed by atoms with van der Waals surface area (Å²) in [5, 5.41) is 8.80. The minimum absolute atomic E-state index is 0.0694. The van der Waals surface area contributed by atoms with Gasteiger partial charge in [-0.3, -0.25) is 4.79 Å². The second kappa shape index (κ2) is 4.22. The van der Waals surface area contributed by atoms with E-state index in [-0.39, 0.29) is 16.8 Å².